The molecule has 0 saturated carbocycles. The fourth-order valence-electron chi connectivity index (χ4n) is 8.98. The van der Waals surface area contributed by atoms with E-state index in [-0.39, 0.29) is 19.0 Å². The zero-order chi connectivity index (χ0) is 42.8. The number of nitrogens with zero attached hydrogens (tertiary/aromatic N) is 3. The number of rotatable bonds is 22. The maximum absolute atomic E-state index is 14.6. The zero-order valence-corrected chi connectivity index (χ0v) is 36.5. The van der Waals surface area contributed by atoms with Crippen LogP contribution in [0.2, 0.25) is 0 Å². The van der Waals surface area contributed by atoms with Crippen molar-refractivity contribution < 1.29 is 19.3 Å². The van der Waals surface area contributed by atoms with Gasteiger partial charge < -0.3 is 19.3 Å². The molecule has 4 aromatic carbocycles. The van der Waals surface area contributed by atoms with E-state index >= 15 is 0 Å². The molecule has 0 fully saturated rings. The van der Waals surface area contributed by atoms with Gasteiger partial charge in [-0.05, 0) is 105 Å². The maximum Gasteiger partial charge on any atom is 0.263 e. The summed E-state index contributed by atoms with van der Waals surface area (Å²) in [5, 5.41) is 17.9. The minimum Gasteiger partial charge on any atom is -0.494 e. The summed E-state index contributed by atoms with van der Waals surface area (Å²) in [6.07, 6.45) is 6.64. The smallest absolute Gasteiger partial charge is 0.263 e. The lowest BCUT2D eigenvalue weighted by molar-refractivity contribution is 0.189. The third-order valence-corrected chi connectivity index (χ3v) is 16.4. The van der Waals surface area contributed by atoms with E-state index in [0.29, 0.717) is 83.7 Å². The van der Waals surface area contributed by atoms with Crippen LogP contribution in [0.15, 0.2) is 123 Å². The molecule has 0 radical (unpaired) electrons. The van der Waals surface area contributed by atoms with Gasteiger partial charge in [0.1, 0.15) is 23.2 Å². The summed E-state index contributed by atoms with van der Waals surface area (Å²) in [5.74, 6) is -0.189. The van der Waals surface area contributed by atoms with Gasteiger partial charge in [0.15, 0.2) is 0 Å². The Kier molecular flexibility index (Phi) is 14.8. The molecule has 0 atom stereocenters. The summed E-state index contributed by atoms with van der Waals surface area (Å²) in [5.41, 5.74) is 0.231. The fourth-order valence-corrected chi connectivity index (χ4v) is 13.4. The summed E-state index contributed by atoms with van der Waals surface area (Å²) < 4.78 is 18.6. The van der Waals surface area contributed by atoms with Crippen LogP contribution >= 0.6 is 7.26 Å². The van der Waals surface area contributed by atoms with Gasteiger partial charge in [0.25, 0.3) is 16.7 Å². The molecule has 10 nitrogen and oxygen atoms in total. The van der Waals surface area contributed by atoms with Crippen molar-refractivity contribution in [3.05, 3.63) is 145 Å². The van der Waals surface area contributed by atoms with E-state index in [9.17, 15) is 19.5 Å². The zero-order valence-electron chi connectivity index (χ0n) is 35.6. The highest BCUT2D eigenvalue weighted by Crippen LogP contribution is 2.56. The Morgan fingerprint density at radius 3 is 1.69 bits per heavy atom. The molecule has 0 unspecified atom stereocenters. The molecule has 0 bridgehead atoms. The number of aryl methyl sites for hydroxylation is 1. The Balaban J connectivity index is 1.31. The van der Waals surface area contributed by atoms with Gasteiger partial charge in [0, 0.05) is 77.1 Å². The van der Waals surface area contributed by atoms with E-state index in [1.54, 1.807) is 27.4 Å². The van der Waals surface area contributed by atoms with Gasteiger partial charge in [-0.3, -0.25) is 28.5 Å². The number of aromatic nitrogens is 2. The molecule has 2 aliphatic rings. The van der Waals surface area contributed by atoms with E-state index < -0.39 is 23.9 Å². The third kappa shape index (κ3) is 8.91. The number of aromatic hydroxyl groups is 1. The third-order valence-electron chi connectivity index (χ3n) is 11.9. The van der Waals surface area contributed by atoms with Gasteiger partial charge in [-0.1, -0.05) is 54.6 Å². The highest BCUT2D eigenvalue weighted by Gasteiger charge is 2.44. The molecule has 1 aromatic heterocycles. The van der Waals surface area contributed by atoms with Crippen LogP contribution in [0.4, 0.5) is 0 Å². The number of hydrogen-bond acceptors (Lipinski definition) is 8. The van der Waals surface area contributed by atoms with Crippen LogP contribution in [0.25, 0.3) is 32.7 Å². The van der Waals surface area contributed by atoms with Crippen LogP contribution in [0.1, 0.15) is 50.5 Å². The highest BCUT2D eigenvalue weighted by atomic mass is 31.2. The summed E-state index contributed by atoms with van der Waals surface area (Å²) in [6, 6.07) is 36.2. The van der Waals surface area contributed by atoms with Crippen LogP contribution in [-0.2, 0) is 33.7 Å². The van der Waals surface area contributed by atoms with Crippen molar-refractivity contribution in [2.45, 2.75) is 64.5 Å². The van der Waals surface area contributed by atoms with Crippen molar-refractivity contribution in [3.63, 3.8) is 0 Å². The minimum absolute atomic E-state index is 0.189. The fraction of sp³-hybridized carbons (Fsp3) is 0.360. The predicted molar refractivity (Wildman–Crippen MR) is 249 cm³/mol. The van der Waals surface area contributed by atoms with Crippen molar-refractivity contribution in [3.8, 4) is 17.0 Å². The Morgan fingerprint density at radius 1 is 0.574 bits per heavy atom. The van der Waals surface area contributed by atoms with Gasteiger partial charge in [-0.15, -0.1) is 0 Å². The molecule has 0 saturated heterocycles. The Bertz CT molecular complexity index is 2630. The number of benzene rings is 5. The summed E-state index contributed by atoms with van der Waals surface area (Å²) in [7, 11) is 2.87. The average Bonchev–Trinajstić information content (AvgIpc) is 3.29. The summed E-state index contributed by atoms with van der Waals surface area (Å²) in [6.45, 7) is 2.22. The SMILES string of the molecule is COCCCCc1cc2c(O)n(CCCOC)c(=O)c3c(=NCCCCC[P+](c4ccccc4)(c4ccccc4)c4ccccc4)cc4c(=O)n(CCCOC)c(=O)c1c-4c23. The normalized spacial score (nSPS) is 12.4. The minimum atomic E-state index is -1.98. The number of ether oxygens (including phenoxy) is 3. The van der Waals surface area contributed by atoms with Crippen LogP contribution < -0.4 is 37.9 Å². The molecule has 1 aliphatic carbocycles. The van der Waals surface area contributed by atoms with Crippen LogP contribution in [0.3, 0.4) is 0 Å². The molecule has 61 heavy (non-hydrogen) atoms. The molecule has 0 amide bonds. The first kappa shape index (κ1) is 43.8. The van der Waals surface area contributed by atoms with E-state index in [0.717, 1.165) is 43.8 Å². The lowest BCUT2D eigenvalue weighted by Crippen LogP contribution is -2.37. The van der Waals surface area contributed by atoms with Crippen molar-refractivity contribution >= 4 is 44.7 Å². The standard InChI is InChI=1S/C50H56N3O7P/c1-58-30-16-14-20-36-34-40-45-44-41(48(55)52(28-18-31-59-2)49(56)43(36)44)35-42(46(45)50(57)53(47(40)54)29-19-32-60-3)51-27-15-7-17-33-61(37-21-8-4-9-22-37,38-23-10-5-11-24-38)39-25-12-6-13-26-39/h4-6,8-13,21-26,34-35H,7,14-20,27-33H2,1-3H3/p+1. The second-order valence-corrected chi connectivity index (χ2v) is 19.3. The monoisotopic (exact) mass is 842 g/mol. The Hall–Kier alpha value is -5.25. The first-order chi connectivity index (χ1) is 29.9. The molecular formula is C50H57N3O7P+. The average molecular weight is 843 g/mol. The molecule has 5 aromatic rings. The molecule has 11 heteroatoms. The quantitative estimate of drug-likeness (QED) is 0.0472. The van der Waals surface area contributed by atoms with Gasteiger partial charge in [-0.2, -0.15) is 0 Å². The maximum atomic E-state index is 14.6. The molecule has 318 valence electrons. The van der Waals surface area contributed by atoms with E-state index in [1.807, 2.05) is 6.07 Å². The number of pyridine rings is 2. The van der Waals surface area contributed by atoms with Gasteiger partial charge in [0.2, 0.25) is 5.88 Å². The van der Waals surface area contributed by atoms with Gasteiger partial charge in [0.05, 0.1) is 27.9 Å². The second kappa shape index (κ2) is 20.5. The van der Waals surface area contributed by atoms with Crippen molar-refractivity contribution in [2.24, 2.45) is 4.99 Å². The van der Waals surface area contributed by atoms with Crippen molar-refractivity contribution in [1.29, 1.82) is 0 Å². The summed E-state index contributed by atoms with van der Waals surface area (Å²) >= 11 is 0. The van der Waals surface area contributed by atoms with E-state index in [1.165, 1.54) is 25.0 Å². The van der Waals surface area contributed by atoms with Crippen molar-refractivity contribution in [2.75, 3.05) is 53.9 Å². The number of methoxy groups -OCH3 is 3. The molecule has 1 N–H and O–H groups in total. The summed E-state index contributed by atoms with van der Waals surface area (Å²) in [4.78, 5) is 48.4. The van der Waals surface area contributed by atoms with Crippen LogP contribution in [0, 0.1) is 0 Å². The first-order valence-corrected chi connectivity index (χ1v) is 23.4. The van der Waals surface area contributed by atoms with Crippen molar-refractivity contribution in [1.82, 2.24) is 9.13 Å². The van der Waals surface area contributed by atoms with E-state index in [4.69, 9.17) is 19.2 Å². The topological polar surface area (TPSA) is 121 Å². The number of unbranched alkanes of at least 4 members (excludes halogenated alkanes) is 3. The largest absolute Gasteiger partial charge is 0.494 e. The number of hydrogen-bond donors (Lipinski definition) is 1. The van der Waals surface area contributed by atoms with Crippen LogP contribution in [0.5, 0.6) is 5.88 Å². The lowest BCUT2D eigenvalue weighted by atomic mass is 9.86. The molecular weight excluding hydrogens is 786 g/mol. The predicted octanol–water partition coefficient (Wildman–Crippen LogP) is 6.47. The lowest BCUT2D eigenvalue weighted by Gasteiger charge is -2.27. The molecule has 1 aliphatic heterocycles. The van der Waals surface area contributed by atoms with Gasteiger partial charge in [-0.25, -0.2) is 0 Å². The molecule has 7 rings (SSSR count). The molecule has 2 heterocycles. The first-order valence-electron chi connectivity index (χ1n) is 21.5. The second-order valence-electron chi connectivity index (χ2n) is 15.7. The Morgan fingerprint density at radius 2 is 1.11 bits per heavy atom. The highest BCUT2D eigenvalue weighted by molar-refractivity contribution is 7.95. The molecule has 0 spiro atoms. The Labute approximate surface area is 357 Å². The van der Waals surface area contributed by atoms with E-state index in [2.05, 4.69) is 91.0 Å². The van der Waals surface area contributed by atoms with Crippen LogP contribution in [-0.4, -0.2) is 68.1 Å². The van der Waals surface area contributed by atoms with Gasteiger partial charge >= 0.3 is 0 Å².